The molecule has 2 atom stereocenters. The molecule has 0 saturated carbocycles. The number of carbonyl (C=O) groups is 1. The molecule has 1 rings (SSSR count). The highest BCUT2D eigenvalue weighted by molar-refractivity contribution is 5.76. The van der Waals surface area contributed by atoms with Gasteiger partial charge in [-0.3, -0.25) is 10.1 Å². The summed E-state index contributed by atoms with van der Waals surface area (Å²) in [4.78, 5) is 11.3. The van der Waals surface area contributed by atoms with Gasteiger partial charge in [-0.25, -0.2) is 0 Å². The van der Waals surface area contributed by atoms with E-state index in [9.17, 15) is 9.90 Å². The maximum absolute atomic E-state index is 11.3. The summed E-state index contributed by atoms with van der Waals surface area (Å²) in [5, 5.41) is 12.4. The van der Waals surface area contributed by atoms with Gasteiger partial charge in [0.15, 0.2) is 0 Å². The maximum atomic E-state index is 11.3. The molecule has 0 saturated heterocycles. The number of aliphatic hydroxyl groups is 1. The number of rotatable bonds is 5. The maximum Gasteiger partial charge on any atom is 0.325 e. The van der Waals surface area contributed by atoms with Crippen molar-refractivity contribution in [3.05, 3.63) is 35.9 Å². The highest BCUT2D eigenvalue weighted by Gasteiger charge is 2.23. The SMILES string of the molecule is COC(=O)[C@@H](NCc1ccccc1)C(C)O. The first kappa shape index (κ1) is 12.7. The molecule has 16 heavy (non-hydrogen) atoms. The van der Waals surface area contributed by atoms with Gasteiger partial charge in [0.1, 0.15) is 6.04 Å². The molecule has 0 aromatic heterocycles. The number of benzene rings is 1. The lowest BCUT2D eigenvalue weighted by molar-refractivity contribution is -0.145. The summed E-state index contributed by atoms with van der Waals surface area (Å²) in [6.45, 7) is 2.07. The van der Waals surface area contributed by atoms with Crippen LogP contribution in [-0.2, 0) is 16.1 Å². The molecule has 0 radical (unpaired) electrons. The third kappa shape index (κ3) is 3.64. The Bertz CT molecular complexity index is 324. The van der Waals surface area contributed by atoms with Crippen LogP contribution in [-0.4, -0.2) is 30.3 Å². The fourth-order valence-electron chi connectivity index (χ4n) is 1.40. The molecule has 0 heterocycles. The summed E-state index contributed by atoms with van der Waals surface area (Å²) in [7, 11) is 1.31. The normalized spacial score (nSPS) is 14.2. The van der Waals surface area contributed by atoms with Crippen LogP contribution in [0.1, 0.15) is 12.5 Å². The van der Waals surface area contributed by atoms with E-state index in [2.05, 4.69) is 10.1 Å². The Hall–Kier alpha value is -1.39. The largest absolute Gasteiger partial charge is 0.468 e. The third-order valence-corrected chi connectivity index (χ3v) is 2.31. The van der Waals surface area contributed by atoms with Crippen molar-refractivity contribution < 1.29 is 14.6 Å². The Kier molecular flexibility index (Phi) is 4.95. The zero-order valence-corrected chi connectivity index (χ0v) is 9.51. The van der Waals surface area contributed by atoms with Crippen molar-refractivity contribution in [1.29, 1.82) is 0 Å². The number of methoxy groups -OCH3 is 1. The van der Waals surface area contributed by atoms with Crippen LogP contribution < -0.4 is 5.32 Å². The van der Waals surface area contributed by atoms with E-state index in [-0.39, 0.29) is 0 Å². The lowest BCUT2D eigenvalue weighted by atomic mass is 10.1. The first-order valence-electron chi connectivity index (χ1n) is 5.18. The van der Waals surface area contributed by atoms with Gasteiger partial charge < -0.3 is 9.84 Å². The predicted molar refractivity (Wildman–Crippen MR) is 60.8 cm³/mol. The van der Waals surface area contributed by atoms with E-state index in [0.717, 1.165) is 5.56 Å². The highest BCUT2D eigenvalue weighted by atomic mass is 16.5. The van der Waals surface area contributed by atoms with Crippen LogP contribution in [0.2, 0.25) is 0 Å². The van der Waals surface area contributed by atoms with Gasteiger partial charge in [-0.1, -0.05) is 30.3 Å². The van der Waals surface area contributed by atoms with E-state index < -0.39 is 18.1 Å². The molecule has 88 valence electrons. The zero-order valence-electron chi connectivity index (χ0n) is 9.51. The van der Waals surface area contributed by atoms with Crippen molar-refractivity contribution in [2.24, 2.45) is 0 Å². The van der Waals surface area contributed by atoms with Crippen molar-refractivity contribution >= 4 is 5.97 Å². The number of nitrogens with one attached hydrogen (secondary N) is 1. The molecule has 0 aliphatic rings. The van der Waals surface area contributed by atoms with Crippen LogP contribution >= 0.6 is 0 Å². The average molecular weight is 223 g/mol. The van der Waals surface area contributed by atoms with Crippen LogP contribution in [0.4, 0.5) is 0 Å². The van der Waals surface area contributed by atoms with E-state index >= 15 is 0 Å². The van der Waals surface area contributed by atoms with Crippen molar-refractivity contribution in [2.75, 3.05) is 7.11 Å². The molecule has 1 aromatic rings. The number of hydrogen-bond acceptors (Lipinski definition) is 4. The van der Waals surface area contributed by atoms with Gasteiger partial charge >= 0.3 is 5.97 Å². The average Bonchev–Trinajstić information content (AvgIpc) is 2.30. The molecule has 4 nitrogen and oxygen atoms in total. The molecular weight excluding hydrogens is 206 g/mol. The molecular formula is C12H17NO3. The molecule has 0 amide bonds. The van der Waals surface area contributed by atoms with Crippen molar-refractivity contribution in [3.63, 3.8) is 0 Å². The lowest BCUT2D eigenvalue weighted by Crippen LogP contribution is -2.45. The smallest absolute Gasteiger partial charge is 0.325 e. The Morgan fingerprint density at radius 3 is 2.56 bits per heavy atom. The summed E-state index contributed by atoms with van der Waals surface area (Å²) >= 11 is 0. The quantitative estimate of drug-likeness (QED) is 0.721. The van der Waals surface area contributed by atoms with Gasteiger partial charge in [-0.2, -0.15) is 0 Å². The number of aliphatic hydroxyl groups excluding tert-OH is 1. The second kappa shape index (κ2) is 6.25. The van der Waals surface area contributed by atoms with Gasteiger partial charge in [0, 0.05) is 6.54 Å². The Morgan fingerprint density at radius 1 is 1.44 bits per heavy atom. The van der Waals surface area contributed by atoms with Gasteiger partial charge in [0.05, 0.1) is 13.2 Å². The summed E-state index contributed by atoms with van der Waals surface area (Å²) in [6.07, 6.45) is -0.781. The van der Waals surface area contributed by atoms with Crippen molar-refractivity contribution in [1.82, 2.24) is 5.32 Å². The Balaban J connectivity index is 2.54. The van der Waals surface area contributed by atoms with E-state index in [1.807, 2.05) is 30.3 Å². The second-order valence-electron chi connectivity index (χ2n) is 3.61. The third-order valence-electron chi connectivity index (χ3n) is 2.31. The summed E-state index contributed by atoms with van der Waals surface area (Å²) in [6, 6.07) is 8.98. The Morgan fingerprint density at radius 2 is 2.06 bits per heavy atom. The first-order valence-corrected chi connectivity index (χ1v) is 5.18. The van der Waals surface area contributed by atoms with Crippen LogP contribution in [0, 0.1) is 0 Å². The number of ether oxygens (including phenoxy) is 1. The van der Waals surface area contributed by atoms with Gasteiger partial charge in [0.25, 0.3) is 0 Å². The van der Waals surface area contributed by atoms with Gasteiger partial charge in [0.2, 0.25) is 0 Å². The minimum Gasteiger partial charge on any atom is -0.468 e. The van der Waals surface area contributed by atoms with Gasteiger partial charge in [-0.15, -0.1) is 0 Å². The summed E-state index contributed by atoms with van der Waals surface area (Å²) in [5.41, 5.74) is 1.05. The van der Waals surface area contributed by atoms with Crippen molar-refractivity contribution in [3.8, 4) is 0 Å². The van der Waals surface area contributed by atoms with Crippen LogP contribution in [0.5, 0.6) is 0 Å². The molecule has 1 aromatic carbocycles. The predicted octanol–water partition coefficient (Wildman–Crippen LogP) is 0.699. The van der Waals surface area contributed by atoms with Crippen LogP contribution in [0.3, 0.4) is 0 Å². The highest BCUT2D eigenvalue weighted by Crippen LogP contribution is 2.01. The second-order valence-corrected chi connectivity index (χ2v) is 3.61. The van der Waals surface area contributed by atoms with E-state index in [1.54, 1.807) is 6.92 Å². The molecule has 0 spiro atoms. The lowest BCUT2D eigenvalue weighted by Gasteiger charge is -2.18. The minimum absolute atomic E-state index is 0.453. The first-order chi connectivity index (χ1) is 7.65. The minimum atomic E-state index is -0.781. The van der Waals surface area contributed by atoms with E-state index in [1.165, 1.54) is 7.11 Å². The molecule has 0 aliphatic heterocycles. The molecule has 0 fully saturated rings. The molecule has 0 bridgehead atoms. The number of esters is 1. The molecule has 4 heteroatoms. The standard InChI is InChI=1S/C12H17NO3/c1-9(14)11(12(15)16-2)13-8-10-6-4-3-5-7-10/h3-7,9,11,13-14H,8H2,1-2H3/t9?,11-/m0/s1. The number of carbonyl (C=O) groups excluding carboxylic acids is 1. The summed E-state index contributed by atoms with van der Waals surface area (Å²) in [5.74, 6) is -0.453. The topological polar surface area (TPSA) is 58.6 Å². The molecule has 2 N–H and O–H groups in total. The fraction of sp³-hybridized carbons (Fsp3) is 0.417. The monoisotopic (exact) mass is 223 g/mol. The van der Waals surface area contributed by atoms with Crippen LogP contribution in [0.15, 0.2) is 30.3 Å². The zero-order chi connectivity index (χ0) is 12.0. The van der Waals surface area contributed by atoms with Crippen molar-refractivity contribution in [2.45, 2.75) is 25.6 Å². The summed E-state index contributed by atoms with van der Waals surface area (Å²) < 4.78 is 4.60. The fourth-order valence-corrected chi connectivity index (χ4v) is 1.40. The molecule has 1 unspecified atom stereocenters. The van der Waals surface area contributed by atoms with Crippen LogP contribution in [0.25, 0.3) is 0 Å². The van der Waals surface area contributed by atoms with E-state index in [4.69, 9.17) is 0 Å². The number of hydrogen-bond donors (Lipinski definition) is 2. The Labute approximate surface area is 95.2 Å². The molecule has 0 aliphatic carbocycles. The van der Waals surface area contributed by atoms with E-state index in [0.29, 0.717) is 6.54 Å². The van der Waals surface area contributed by atoms with Gasteiger partial charge in [-0.05, 0) is 12.5 Å².